The van der Waals surface area contributed by atoms with E-state index < -0.39 is 0 Å². The van der Waals surface area contributed by atoms with Crippen molar-refractivity contribution in [3.8, 4) is 0 Å². The van der Waals surface area contributed by atoms with Gasteiger partial charge in [0.25, 0.3) is 0 Å². The average Bonchev–Trinajstić information content (AvgIpc) is 2.40. The van der Waals surface area contributed by atoms with Gasteiger partial charge < -0.3 is 9.64 Å². The molecule has 1 saturated heterocycles. The van der Waals surface area contributed by atoms with E-state index in [0.29, 0.717) is 12.0 Å². The van der Waals surface area contributed by atoms with Crippen molar-refractivity contribution in [2.75, 3.05) is 32.6 Å². The van der Waals surface area contributed by atoms with Crippen LogP contribution in [0.4, 0.5) is 0 Å². The summed E-state index contributed by atoms with van der Waals surface area (Å²) in [5, 5.41) is 0. The molecule has 3 heteroatoms. The molecule has 1 atom stereocenters. The summed E-state index contributed by atoms with van der Waals surface area (Å²) < 4.78 is 5.49. The molecule has 1 unspecified atom stereocenters. The smallest absolute Gasteiger partial charge is 0.0702 e. The van der Waals surface area contributed by atoms with Crippen LogP contribution in [0.1, 0.15) is 12.8 Å². The molecule has 66 valence electrons. The number of ether oxygens (including phenoxy) is 1. The fourth-order valence-corrected chi connectivity index (χ4v) is 1.66. The van der Waals surface area contributed by atoms with Gasteiger partial charge in [-0.1, -0.05) is 0 Å². The van der Waals surface area contributed by atoms with Gasteiger partial charge in [-0.15, -0.1) is 11.6 Å². The lowest BCUT2D eigenvalue weighted by Gasteiger charge is -2.18. The molecule has 1 fully saturated rings. The highest BCUT2D eigenvalue weighted by Gasteiger charge is 2.16. The third-order valence-electron chi connectivity index (χ3n) is 2.01. The van der Waals surface area contributed by atoms with E-state index in [9.17, 15) is 0 Å². The van der Waals surface area contributed by atoms with Crippen LogP contribution in [0.5, 0.6) is 0 Å². The Morgan fingerprint density at radius 1 is 1.64 bits per heavy atom. The third-order valence-corrected chi connectivity index (χ3v) is 2.17. The molecule has 1 rings (SSSR count). The maximum atomic E-state index is 5.60. The summed E-state index contributed by atoms with van der Waals surface area (Å²) >= 11 is 5.60. The van der Waals surface area contributed by atoms with E-state index in [1.165, 1.54) is 12.8 Å². The van der Waals surface area contributed by atoms with Crippen LogP contribution >= 0.6 is 11.6 Å². The number of rotatable bonds is 4. The van der Waals surface area contributed by atoms with E-state index in [4.69, 9.17) is 16.3 Å². The second kappa shape index (κ2) is 4.96. The van der Waals surface area contributed by atoms with Crippen LogP contribution in [0.25, 0.3) is 0 Å². The SMILES string of the molecule is CN(CCCl)CC1CCCO1. The van der Waals surface area contributed by atoms with Crippen molar-refractivity contribution in [2.24, 2.45) is 0 Å². The highest BCUT2D eigenvalue weighted by atomic mass is 35.5. The average molecular weight is 178 g/mol. The Bertz CT molecular complexity index is 104. The molecule has 0 N–H and O–H groups in total. The molecule has 0 aromatic heterocycles. The summed E-state index contributed by atoms with van der Waals surface area (Å²) in [6.45, 7) is 2.94. The third kappa shape index (κ3) is 3.41. The maximum Gasteiger partial charge on any atom is 0.0702 e. The lowest BCUT2D eigenvalue weighted by Crippen LogP contribution is -2.30. The predicted molar refractivity (Wildman–Crippen MR) is 47.2 cm³/mol. The normalized spacial score (nSPS) is 24.8. The molecule has 0 bridgehead atoms. The van der Waals surface area contributed by atoms with Crippen LogP contribution in [0.2, 0.25) is 0 Å². The number of likely N-dealkylation sites (N-methyl/N-ethyl adjacent to an activating group) is 1. The first-order valence-corrected chi connectivity index (χ1v) is 4.72. The van der Waals surface area contributed by atoms with Crippen molar-refractivity contribution in [3.63, 3.8) is 0 Å². The van der Waals surface area contributed by atoms with Crippen molar-refractivity contribution in [1.82, 2.24) is 4.90 Å². The lowest BCUT2D eigenvalue weighted by molar-refractivity contribution is 0.0829. The van der Waals surface area contributed by atoms with Crippen LogP contribution in [0.15, 0.2) is 0 Å². The van der Waals surface area contributed by atoms with Gasteiger partial charge in [-0.05, 0) is 19.9 Å². The largest absolute Gasteiger partial charge is 0.377 e. The quantitative estimate of drug-likeness (QED) is 0.601. The molecule has 2 nitrogen and oxygen atoms in total. The van der Waals surface area contributed by atoms with Crippen molar-refractivity contribution < 1.29 is 4.74 Å². The van der Waals surface area contributed by atoms with Gasteiger partial charge in [-0.3, -0.25) is 0 Å². The molecule has 1 heterocycles. The first kappa shape index (κ1) is 9.30. The zero-order valence-corrected chi connectivity index (χ0v) is 7.81. The molecule has 11 heavy (non-hydrogen) atoms. The van der Waals surface area contributed by atoms with E-state index in [1.807, 2.05) is 0 Å². The molecular formula is C8H16ClNO. The second-order valence-corrected chi connectivity index (χ2v) is 3.46. The summed E-state index contributed by atoms with van der Waals surface area (Å²) in [4.78, 5) is 2.23. The van der Waals surface area contributed by atoms with Crippen molar-refractivity contribution in [3.05, 3.63) is 0 Å². The fraction of sp³-hybridized carbons (Fsp3) is 1.00. The predicted octanol–water partition coefficient (Wildman–Crippen LogP) is 1.34. The van der Waals surface area contributed by atoms with Crippen LogP contribution in [0, 0.1) is 0 Å². The van der Waals surface area contributed by atoms with E-state index in [1.54, 1.807) is 0 Å². The molecule has 0 spiro atoms. The number of nitrogens with zero attached hydrogens (tertiary/aromatic N) is 1. The van der Waals surface area contributed by atoms with E-state index >= 15 is 0 Å². The van der Waals surface area contributed by atoms with Crippen LogP contribution in [0.3, 0.4) is 0 Å². The van der Waals surface area contributed by atoms with Crippen LogP contribution in [-0.4, -0.2) is 43.6 Å². The molecular weight excluding hydrogens is 162 g/mol. The summed E-state index contributed by atoms with van der Waals surface area (Å²) in [6, 6.07) is 0. The Morgan fingerprint density at radius 3 is 3.00 bits per heavy atom. The zero-order valence-electron chi connectivity index (χ0n) is 7.05. The summed E-state index contributed by atoms with van der Waals surface area (Å²) in [7, 11) is 2.09. The van der Waals surface area contributed by atoms with Gasteiger partial charge in [0.1, 0.15) is 0 Å². The summed E-state index contributed by atoms with van der Waals surface area (Å²) in [5.41, 5.74) is 0. The molecule has 1 aliphatic heterocycles. The highest BCUT2D eigenvalue weighted by Crippen LogP contribution is 2.12. The van der Waals surface area contributed by atoms with E-state index in [2.05, 4.69) is 11.9 Å². The topological polar surface area (TPSA) is 12.5 Å². The van der Waals surface area contributed by atoms with Crippen molar-refractivity contribution in [2.45, 2.75) is 18.9 Å². The second-order valence-electron chi connectivity index (χ2n) is 3.09. The molecule has 0 aliphatic carbocycles. The lowest BCUT2D eigenvalue weighted by atomic mass is 10.2. The number of hydrogen-bond acceptors (Lipinski definition) is 2. The molecule has 0 saturated carbocycles. The summed E-state index contributed by atoms with van der Waals surface area (Å²) in [5.74, 6) is 0.712. The van der Waals surface area contributed by atoms with Crippen LogP contribution in [-0.2, 0) is 4.74 Å². The fourth-order valence-electron chi connectivity index (χ4n) is 1.37. The van der Waals surface area contributed by atoms with Gasteiger partial charge in [0.15, 0.2) is 0 Å². The molecule has 0 aromatic rings. The van der Waals surface area contributed by atoms with E-state index in [-0.39, 0.29) is 0 Å². The number of alkyl halides is 1. The first-order chi connectivity index (χ1) is 5.33. The molecule has 0 aromatic carbocycles. The van der Waals surface area contributed by atoms with Gasteiger partial charge in [-0.2, -0.15) is 0 Å². The minimum absolute atomic E-state index is 0.461. The Kier molecular flexibility index (Phi) is 4.20. The van der Waals surface area contributed by atoms with Crippen molar-refractivity contribution >= 4 is 11.6 Å². The molecule has 1 aliphatic rings. The van der Waals surface area contributed by atoms with Crippen molar-refractivity contribution in [1.29, 1.82) is 0 Å². The van der Waals surface area contributed by atoms with E-state index in [0.717, 1.165) is 19.7 Å². The zero-order chi connectivity index (χ0) is 8.10. The van der Waals surface area contributed by atoms with Gasteiger partial charge >= 0.3 is 0 Å². The highest BCUT2D eigenvalue weighted by molar-refractivity contribution is 6.18. The van der Waals surface area contributed by atoms with Gasteiger partial charge in [0.2, 0.25) is 0 Å². The Hall–Kier alpha value is 0.210. The Morgan fingerprint density at radius 2 is 2.45 bits per heavy atom. The maximum absolute atomic E-state index is 5.60. The molecule has 0 amide bonds. The minimum Gasteiger partial charge on any atom is -0.377 e. The van der Waals surface area contributed by atoms with Gasteiger partial charge in [0, 0.05) is 25.6 Å². The van der Waals surface area contributed by atoms with Crippen LogP contribution < -0.4 is 0 Å². The summed E-state index contributed by atoms with van der Waals surface area (Å²) in [6.07, 6.45) is 2.90. The Labute approximate surface area is 73.5 Å². The van der Waals surface area contributed by atoms with Gasteiger partial charge in [-0.25, -0.2) is 0 Å². The first-order valence-electron chi connectivity index (χ1n) is 4.19. The standard InChI is InChI=1S/C8H16ClNO/c1-10(5-4-9)7-8-3-2-6-11-8/h8H,2-7H2,1H3. The molecule has 0 radical (unpaired) electrons. The minimum atomic E-state index is 0.461. The Balaban J connectivity index is 2.08. The monoisotopic (exact) mass is 177 g/mol. The number of hydrogen-bond donors (Lipinski definition) is 0. The number of halogens is 1. The van der Waals surface area contributed by atoms with Gasteiger partial charge in [0.05, 0.1) is 6.10 Å².